The Morgan fingerprint density at radius 3 is 1.17 bits per heavy atom. The molecule has 110 valence electrons. The van der Waals surface area contributed by atoms with E-state index in [-0.39, 0.29) is 0 Å². The molecule has 0 radical (unpaired) electrons. The van der Waals surface area contributed by atoms with Gasteiger partial charge in [-0.3, -0.25) is 0 Å². The highest BCUT2D eigenvalue weighted by Gasteiger charge is 2.17. The zero-order valence-corrected chi connectivity index (χ0v) is 15.5. The van der Waals surface area contributed by atoms with E-state index in [1.54, 1.807) is 12.3 Å². The predicted octanol–water partition coefficient (Wildman–Crippen LogP) is 6.37. The summed E-state index contributed by atoms with van der Waals surface area (Å²) in [7, 11) is 0.637. The molecule has 18 heavy (non-hydrogen) atoms. The van der Waals surface area contributed by atoms with Gasteiger partial charge < -0.3 is 0 Å². The summed E-state index contributed by atoms with van der Waals surface area (Å²) < 4.78 is 0. The van der Waals surface area contributed by atoms with Crippen molar-refractivity contribution in [3.8, 4) is 0 Å². The number of unbranched alkanes of at least 4 members (excludes halogenated alkanes) is 2. The maximum absolute atomic E-state index is 2.45. The van der Waals surface area contributed by atoms with Gasteiger partial charge in [-0.1, -0.05) is 54.4 Å². The molecule has 0 spiro atoms. The van der Waals surface area contributed by atoms with Crippen molar-refractivity contribution in [1.82, 2.24) is 0 Å². The molecular weight excluding hydrogens is 254 g/mol. The molecule has 0 nitrogen and oxygen atoms in total. The molecule has 0 bridgehead atoms. The summed E-state index contributed by atoms with van der Waals surface area (Å²) in [5.41, 5.74) is 1.89. The fraction of sp³-hybridized carbons (Fsp3) is 1.00. The molecule has 0 amide bonds. The third-order valence-corrected chi connectivity index (χ3v) is 10.4. The highest BCUT2D eigenvalue weighted by atomic mass is 31.1. The molecule has 0 N–H and O–H groups in total. The minimum atomic E-state index is 0.318. The van der Waals surface area contributed by atoms with E-state index in [1.807, 2.05) is 0 Å². The average molecular weight is 290 g/mol. The van der Waals surface area contributed by atoms with Crippen molar-refractivity contribution in [3.05, 3.63) is 0 Å². The second-order valence-corrected chi connectivity index (χ2v) is 12.2. The largest absolute Gasteiger partial charge is 0.104 e. The minimum absolute atomic E-state index is 0.318. The van der Waals surface area contributed by atoms with E-state index >= 15 is 0 Å². The lowest BCUT2D eigenvalue weighted by Gasteiger charge is -2.27. The molecule has 0 fully saturated rings. The predicted molar refractivity (Wildman–Crippen MR) is 93.4 cm³/mol. The summed E-state index contributed by atoms with van der Waals surface area (Å²) in [6.45, 7) is 14.5. The molecule has 0 rings (SSSR count). The zero-order chi connectivity index (χ0) is 14.0. The van der Waals surface area contributed by atoms with Gasteiger partial charge >= 0.3 is 0 Å². The molecule has 2 unspecified atom stereocenters. The molecule has 0 saturated carbocycles. The highest BCUT2D eigenvalue weighted by Crippen LogP contribution is 2.48. The molecule has 2 atom stereocenters. The average Bonchev–Trinajstić information content (AvgIpc) is 2.31. The second kappa shape index (κ2) is 11.7. The van der Waals surface area contributed by atoms with Gasteiger partial charge in [0, 0.05) is 0 Å². The fourth-order valence-corrected chi connectivity index (χ4v) is 8.25. The van der Waals surface area contributed by atoms with E-state index < -0.39 is 0 Å². The van der Waals surface area contributed by atoms with Gasteiger partial charge in [-0.05, 0) is 48.8 Å². The summed E-state index contributed by atoms with van der Waals surface area (Å²) in [5, 5.41) is 0. The summed E-state index contributed by atoms with van der Waals surface area (Å²) in [6.07, 6.45) is 11.8. The van der Waals surface area contributed by atoms with Crippen LogP contribution < -0.4 is 0 Å². The summed E-state index contributed by atoms with van der Waals surface area (Å²) in [5.74, 6) is 0. The third kappa shape index (κ3) is 8.87. The monoisotopic (exact) mass is 290 g/mol. The molecule has 0 aromatic rings. The molecule has 0 aromatic carbocycles. The number of hydrogen-bond donors (Lipinski definition) is 0. The first-order chi connectivity index (χ1) is 8.52. The molecule has 0 aliphatic rings. The molecule has 0 aromatic heterocycles. The van der Waals surface area contributed by atoms with Gasteiger partial charge in [0.25, 0.3) is 0 Å². The van der Waals surface area contributed by atoms with Crippen LogP contribution in [0, 0.1) is 0 Å². The van der Waals surface area contributed by atoms with Crippen molar-refractivity contribution in [2.24, 2.45) is 0 Å². The molecule has 0 aliphatic heterocycles. The Bertz CT molecular complexity index is 158. The van der Waals surface area contributed by atoms with Crippen molar-refractivity contribution in [2.75, 3.05) is 24.6 Å². The SMILES string of the molecule is CCCCP(CCP(CCCC)C(C)C)C(C)C. The number of rotatable bonds is 11. The normalized spacial score (nSPS) is 15.3. The van der Waals surface area contributed by atoms with Crippen LogP contribution in [0.2, 0.25) is 0 Å². The van der Waals surface area contributed by atoms with Gasteiger partial charge in [0.05, 0.1) is 0 Å². The lowest BCUT2D eigenvalue weighted by molar-refractivity contribution is 0.878. The molecular formula is C16H36P2. The van der Waals surface area contributed by atoms with E-state index in [0.29, 0.717) is 15.8 Å². The van der Waals surface area contributed by atoms with Gasteiger partial charge in [0.2, 0.25) is 0 Å². The first-order valence-electron chi connectivity index (χ1n) is 8.00. The van der Waals surface area contributed by atoms with E-state index in [9.17, 15) is 0 Å². The lowest BCUT2D eigenvalue weighted by Crippen LogP contribution is -2.08. The summed E-state index contributed by atoms with van der Waals surface area (Å²) in [4.78, 5) is 0. The Hall–Kier alpha value is 0.860. The Morgan fingerprint density at radius 2 is 0.944 bits per heavy atom. The van der Waals surface area contributed by atoms with Crippen LogP contribution in [0.4, 0.5) is 0 Å². The van der Waals surface area contributed by atoms with E-state index in [2.05, 4.69) is 41.5 Å². The van der Waals surface area contributed by atoms with Gasteiger partial charge in [-0.2, -0.15) is 0 Å². The number of hydrogen-bond acceptors (Lipinski definition) is 0. The van der Waals surface area contributed by atoms with Crippen LogP contribution >= 0.6 is 15.8 Å². The smallest absolute Gasteiger partial charge is 0.0266 e. The van der Waals surface area contributed by atoms with E-state index in [0.717, 1.165) is 11.3 Å². The minimum Gasteiger partial charge on any atom is -0.104 e. The maximum Gasteiger partial charge on any atom is -0.0266 e. The lowest BCUT2D eigenvalue weighted by atomic mass is 10.4. The zero-order valence-electron chi connectivity index (χ0n) is 13.7. The van der Waals surface area contributed by atoms with Gasteiger partial charge in [-0.25, -0.2) is 0 Å². The topological polar surface area (TPSA) is 0 Å². The van der Waals surface area contributed by atoms with Gasteiger partial charge in [0.15, 0.2) is 0 Å². The maximum atomic E-state index is 2.45. The van der Waals surface area contributed by atoms with E-state index in [1.165, 1.54) is 38.0 Å². The standard InChI is InChI=1S/C16H36P2/c1-7-9-11-17(15(3)4)13-14-18(16(5)6)12-10-8-2/h15-16H,7-14H2,1-6H3. The van der Waals surface area contributed by atoms with Crippen molar-refractivity contribution in [1.29, 1.82) is 0 Å². The van der Waals surface area contributed by atoms with Gasteiger partial charge in [-0.15, -0.1) is 15.8 Å². The Kier molecular flexibility index (Phi) is 12.2. The van der Waals surface area contributed by atoms with Crippen molar-refractivity contribution >= 4 is 15.8 Å². The van der Waals surface area contributed by atoms with Crippen molar-refractivity contribution in [3.63, 3.8) is 0 Å². The summed E-state index contributed by atoms with van der Waals surface area (Å²) in [6, 6.07) is 0. The van der Waals surface area contributed by atoms with Crippen LogP contribution in [0.3, 0.4) is 0 Å². The Morgan fingerprint density at radius 1 is 0.611 bits per heavy atom. The quantitative estimate of drug-likeness (QED) is 0.388. The molecule has 0 saturated heterocycles. The highest BCUT2D eigenvalue weighted by molar-refractivity contribution is 7.62. The van der Waals surface area contributed by atoms with Crippen LogP contribution in [0.15, 0.2) is 0 Å². The first-order valence-corrected chi connectivity index (χ1v) is 11.6. The van der Waals surface area contributed by atoms with Crippen molar-refractivity contribution < 1.29 is 0 Å². The van der Waals surface area contributed by atoms with Crippen molar-refractivity contribution in [2.45, 2.75) is 78.5 Å². The van der Waals surface area contributed by atoms with Crippen LogP contribution in [0.1, 0.15) is 67.2 Å². The summed E-state index contributed by atoms with van der Waals surface area (Å²) >= 11 is 0. The van der Waals surface area contributed by atoms with Crippen LogP contribution in [0.25, 0.3) is 0 Å². The molecule has 0 aliphatic carbocycles. The van der Waals surface area contributed by atoms with E-state index in [4.69, 9.17) is 0 Å². The van der Waals surface area contributed by atoms with Crippen LogP contribution in [-0.2, 0) is 0 Å². The Balaban J connectivity index is 4.10. The molecule has 0 heterocycles. The molecule has 2 heteroatoms. The fourth-order valence-electron chi connectivity index (χ4n) is 2.24. The third-order valence-electron chi connectivity index (χ3n) is 3.73. The second-order valence-electron chi connectivity index (χ2n) is 5.97. The van der Waals surface area contributed by atoms with Crippen LogP contribution in [0.5, 0.6) is 0 Å². The Labute approximate surface area is 119 Å². The first kappa shape index (κ1) is 18.9. The van der Waals surface area contributed by atoms with Crippen LogP contribution in [-0.4, -0.2) is 36.0 Å². The van der Waals surface area contributed by atoms with Gasteiger partial charge in [0.1, 0.15) is 0 Å².